The van der Waals surface area contributed by atoms with Gasteiger partial charge < -0.3 is 5.32 Å². The Balaban J connectivity index is 1.56. The molecule has 1 aromatic rings. The zero-order chi connectivity index (χ0) is 16.4. The lowest BCUT2D eigenvalue weighted by Crippen LogP contribution is -2.43. The smallest absolute Gasteiger partial charge is 0.234 e. The van der Waals surface area contributed by atoms with E-state index in [0.717, 1.165) is 19.4 Å². The van der Waals surface area contributed by atoms with E-state index in [1.807, 2.05) is 6.07 Å². The molecule has 0 spiro atoms. The predicted octanol–water partition coefficient (Wildman–Crippen LogP) is 1.26. The number of nitrogens with one attached hydrogen (secondary N) is 1. The molecule has 23 heavy (non-hydrogen) atoms. The van der Waals surface area contributed by atoms with Crippen molar-refractivity contribution in [3.05, 3.63) is 35.4 Å². The number of carbonyl (C=O) groups is 1. The highest BCUT2D eigenvalue weighted by Crippen LogP contribution is 2.28. The van der Waals surface area contributed by atoms with Gasteiger partial charge in [-0.05, 0) is 31.7 Å². The van der Waals surface area contributed by atoms with Crippen LogP contribution in [0.15, 0.2) is 24.3 Å². The summed E-state index contributed by atoms with van der Waals surface area (Å²) in [5.41, 5.74) is 2.44. The lowest BCUT2D eigenvalue weighted by atomic mass is 10.1. The molecule has 0 radical (unpaired) electrons. The zero-order valence-corrected chi connectivity index (χ0v) is 14.3. The number of carbonyl (C=O) groups excluding carboxylic acids is 1. The van der Waals surface area contributed by atoms with E-state index in [4.69, 9.17) is 0 Å². The van der Waals surface area contributed by atoms with Crippen LogP contribution in [0.25, 0.3) is 0 Å². The first kappa shape index (κ1) is 16.5. The van der Waals surface area contributed by atoms with Crippen LogP contribution >= 0.6 is 0 Å². The van der Waals surface area contributed by atoms with Gasteiger partial charge in [0.05, 0.1) is 18.1 Å². The molecule has 0 aromatic heterocycles. The summed E-state index contributed by atoms with van der Waals surface area (Å²) in [5, 5.41) is 2.88. The highest BCUT2D eigenvalue weighted by Gasteiger charge is 2.32. The molecule has 1 aromatic carbocycles. The highest BCUT2D eigenvalue weighted by atomic mass is 32.2. The van der Waals surface area contributed by atoms with Gasteiger partial charge in [-0.25, -0.2) is 8.42 Å². The minimum absolute atomic E-state index is 0.0633. The van der Waals surface area contributed by atoms with E-state index in [9.17, 15) is 13.2 Å². The largest absolute Gasteiger partial charge is 0.351 e. The molecule has 0 unspecified atom stereocenters. The molecular weight excluding hydrogens is 312 g/mol. The quantitative estimate of drug-likeness (QED) is 0.849. The van der Waals surface area contributed by atoms with Crippen molar-refractivity contribution in [1.82, 2.24) is 10.2 Å². The summed E-state index contributed by atoms with van der Waals surface area (Å²) < 4.78 is 22.9. The van der Waals surface area contributed by atoms with E-state index in [2.05, 4.69) is 35.3 Å². The molecule has 1 amide bonds. The summed E-state index contributed by atoms with van der Waals surface area (Å²) in [4.78, 5) is 14.5. The third-order valence-electron chi connectivity index (χ3n) is 4.48. The first-order valence-electron chi connectivity index (χ1n) is 8.21. The number of amides is 1. The van der Waals surface area contributed by atoms with E-state index >= 15 is 0 Å². The molecule has 0 bridgehead atoms. The Hall–Kier alpha value is -1.40. The van der Waals surface area contributed by atoms with Crippen molar-refractivity contribution in [2.45, 2.75) is 44.8 Å². The Morgan fingerprint density at radius 3 is 2.70 bits per heavy atom. The minimum atomic E-state index is -2.96. The van der Waals surface area contributed by atoms with E-state index < -0.39 is 9.84 Å². The van der Waals surface area contributed by atoms with Crippen molar-refractivity contribution in [2.75, 3.05) is 18.1 Å². The second kappa shape index (κ2) is 6.61. The molecule has 1 atom stereocenters. The van der Waals surface area contributed by atoms with Crippen LogP contribution < -0.4 is 5.32 Å². The van der Waals surface area contributed by atoms with E-state index in [0.29, 0.717) is 19.0 Å². The van der Waals surface area contributed by atoms with Gasteiger partial charge in [-0.3, -0.25) is 9.69 Å². The number of hydrogen-bond acceptors (Lipinski definition) is 4. The molecule has 1 saturated carbocycles. The van der Waals surface area contributed by atoms with Crippen molar-refractivity contribution >= 4 is 15.7 Å². The minimum Gasteiger partial charge on any atom is -0.351 e. The Labute approximate surface area is 138 Å². The van der Waals surface area contributed by atoms with Gasteiger partial charge in [0.25, 0.3) is 0 Å². The maximum Gasteiger partial charge on any atom is 0.234 e. The Morgan fingerprint density at radius 1 is 1.30 bits per heavy atom. The molecule has 1 N–H and O–H groups in total. The first-order valence-corrected chi connectivity index (χ1v) is 10.0. The number of aryl methyl sites for hydroxylation is 1. The maximum absolute atomic E-state index is 12.3. The van der Waals surface area contributed by atoms with Crippen molar-refractivity contribution in [3.63, 3.8) is 0 Å². The first-order chi connectivity index (χ1) is 10.9. The molecular formula is C17H24N2O3S. The van der Waals surface area contributed by atoms with Crippen molar-refractivity contribution in [2.24, 2.45) is 0 Å². The van der Waals surface area contributed by atoms with Gasteiger partial charge in [0.15, 0.2) is 9.84 Å². The molecule has 126 valence electrons. The molecule has 1 saturated heterocycles. The van der Waals surface area contributed by atoms with Crippen LogP contribution in [0.1, 0.15) is 30.4 Å². The van der Waals surface area contributed by atoms with E-state index in [-0.39, 0.29) is 23.5 Å². The van der Waals surface area contributed by atoms with Crippen LogP contribution in [0.5, 0.6) is 0 Å². The van der Waals surface area contributed by atoms with Crippen molar-refractivity contribution < 1.29 is 13.2 Å². The summed E-state index contributed by atoms with van der Waals surface area (Å²) in [7, 11) is -2.96. The summed E-state index contributed by atoms with van der Waals surface area (Å²) in [6.07, 6.45) is 2.81. The van der Waals surface area contributed by atoms with Crippen LogP contribution in [0, 0.1) is 6.92 Å². The Bertz CT molecular complexity index is 683. The second-order valence-electron chi connectivity index (χ2n) is 6.79. The van der Waals surface area contributed by atoms with Gasteiger partial charge >= 0.3 is 0 Å². The summed E-state index contributed by atoms with van der Waals surface area (Å²) >= 11 is 0. The van der Waals surface area contributed by atoms with Gasteiger partial charge in [0.2, 0.25) is 5.91 Å². The number of sulfone groups is 1. The van der Waals surface area contributed by atoms with Crippen LogP contribution in [-0.4, -0.2) is 49.4 Å². The van der Waals surface area contributed by atoms with Gasteiger partial charge in [-0.2, -0.15) is 0 Å². The summed E-state index contributed by atoms with van der Waals surface area (Å²) in [5.74, 6) is 0.208. The lowest BCUT2D eigenvalue weighted by Gasteiger charge is -2.22. The molecule has 3 rings (SSSR count). The predicted molar refractivity (Wildman–Crippen MR) is 89.8 cm³/mol. The van der Waals surface area contributed by atoms with Crippen LogP contribution in [0.2, 0.25) is 0 Å². The van der Waals surface area contributed by atoms with Crippen LogP contribution in [0.3, 0.4) is 0 Å². The van der Waals surface area contributed by atoms with Gasteiger partial charge in [0.1, 0.15) is 0 Å². The van der Waals surface area contributed by atoms with Crippen molar-refractivity contribution in [1.29, 1.82) is 0 Å². The average molecular weight is 336 g/mol. The number of benzene rings is 1. The van der Waals surface area contributed by atoms with Gasteiger partial charge in [-0.1, -0.05) is 29.8 Å². The standard InChI is InChI=1S/C17H24N2O3S/c1-13-3-2-4-14(9-13)10-19(16-5-6-16)11-17(20)18-15-7-8-23(21,22)12-15/h2-4,9,15-16H,5-8,10-12H2,1H3,(H,18,20)/t15-/m1/s1. The van der Waals surface area contributed by atoms with Crippen molar-refractivity contribution in [3.8, 4) is 0 Å². The normalized spacial score (nSPS) is 23.1. The molecule has 2 aliphatic rings. The fraction of sp³-hybridized carbons (Fsp3) is 0.588. The van der Waals surface area contributed by atoms with Gasteiger partial charge in [0, 0.05) is 18.6 Å². The molecule has 1 heterocycles. The van der Waals surface area contributed by atoms with Crippen LogP contribution in [-0.2, 0) is 21.2 Å². The van der Waals surface area contributed by atoms with E-state index in [1.165, 1.54) is 11.1 Å². The summed E-state index contributed by atoms with van der Waals surface area (Å²) in [6.45, 7) is 3.18. The topological polar surface area (TPSA) is 66.5 Å². The summed E-state index contributed by atoms with van der Waals surface area (Å²) in [6, 6.07) is 8.61. The highest BCUT2D eigenvalue weighted by molar-refractivity contribution is 7.91. The molecule has 2 fully saturated rings. The molecule has 5 nitrogen and oxygen atoms in total. The SMILES string of the molecule is Cc1cccc(CN(CC(=O)N[C@@H]2CCS(=O)(=O)C2)C2CC2)c1. The maximum atomic E-state index is 12.3. The number of rotatable bonds is 6. The van der Waals surface area contributed by atoms with Crippen LogP contribution in [0.4, 0.5) is 0 Å². The molecule has 6 heteroatoms. The molecule has 1 aliphatic carbocycles. The third-order valence-corrected chi connectivity index (χ3v) is 6.24. The number of nitrogens with zero attached hydrogens (tertiary/aromatic N) is 1. The zero-order valence-electron chi connectivity index (χ0n) is 13.5. The lowest BCUT2D eigenvalue weighted by molar-refractivity contribution is -0.123. The molecule has 1 aliphatic heterocycles. The third kappa shape index (κ3) is 4.78. The van der Waals surface area contributed by atoms with Gasteiger partial charge in [-0.15, -0.1) is 0 Å². The Morgan fingerprint density at radius 2 is 2.09 bits per heavy atom. The second-order valence-corrected chi connectivity index (χ2v) is 9.02. The number of hydrogen-bond donors (Lipinski definition) is 1. The Kier molecular flexibility index (Phi) is 4.73. The average Bonchev–Trinajstić information content (AvgIpc) is 3.24. The fourth-order valence-electron chi connectivity index (χ4n) is 3.17. The van der Waals surface area contributed by atoms with E-state index in [1.54, 1.807) is 0 Å². The fourth-order valence-corrected chi connectivity index (χ4v) is 4.84. The monoisotopic (exact) mass is 336 g/mol.